The van der Waals surface area contributed by atoms with Gasteiger partial charge in [-0.3, -0.25) is 14.6 Å². The van der Waals surface area contributed by atoms with Crippen LogP contribution in [0.15, 0.2) is 18.6 Å². The van der Waals surface area contributed by atoms with Crippen molar-refractivity contribution in [1.29, 1.82) is 0 Å². The van der Waals surface area contributed by atoms with Crippen LogP contribution in [0.25, 0.3) is 0 Å². The van der Waals surface area contributed by atoms with E-state index in [1.165, 1.54) is 18.6 Å². The molecule has 23 heavy (non-hydrogen) atoms. The summed E-state index contributed by atoms with van der Waals surface area (Å²) < 4.78 is 5.27. The highest BCUT2D eigenvalue weighted by Gasteiger charge is 2.33. The van der Waals surface area contributed by atoms with Crippen LogP contribution in [0, 0.1) is 0 Å². The van der Waals surface area contributed by atoms with Gasteiger partial charge >= 0.3 is 0 Å². The molecule has 126 valence electrons. The number of amides is 2. The van der Waals surface area contributed by atoms with E-state index < -0.39 is 5.60 Å². The van der Waals surface area contributed by atoms with Crippen LogP contribution in [-0.4, -0.2) is 58.5 Å². The number of hydrogen-bond acceptors (Lipinski definition) is 5. The molecule has 7 nitrogen and oxygen atoms in total. The van der Waals surface area contributed by atoms with E-state index in [2.05, 4.69) is 15.3 Å². The van der Waals surface area contributed by atoms with Crippen molar-refractivity contribution in [3.8, 4) is 0 Å². The van der Waals surface area contributed by atoms with Crippen LogP contribution in [-0.2, 0) is 9.53 Å². The van der Waals surface area contributed by atoms with E-state index >= 15 is 0 Å². The number of nitrogens with one attached hydrogen (secondary N) is 1. The van der Waals surface area contributed by atoms with E-state index in [-0.39, 0.29) is 17.9 Å². The van der Waals surface area contributed by atoms with E-state index in [4.69, 9.17) is 4.74 Å². The molecule has 2 rings (SSSR count). The van der Waals surface area contributed by atoms with Crippen molar-refractivity contribution < 1.29 is 14.3 Å². The lowest BCUT2D eigenvalue weighted by molar-refractivity contribution is -0.150. The molecule has 2 amide bonds. The highest BCUT2D eigenvalue weighted by Crippen LogP contribution is 2.17. The Kier molecular flexibility index (Phi) is 5.65. The SMILES string of the molecule is COC(C)(C)C(=O)N1CCC[C@H](NC(=O)c2cnccn2)CC1. The second-order valence-corrected chi connectivity index (χ2v) is 6.20. The highest BCUT2D eigenvalue weighted by atomic mass is 16.5. The van der Waals surface area contributed by atoms with Gasteiger partial charge in [0.05, 0.1) is 6.20 Å². The van der Waals surface area contributed by atoms with Crippen molar-refractivity contribution >= 4 is 11.8 Å². The summed E-state index contributed by atoms with van der Waals surface area (Å²) in [5.41, 5.74) is -0.506. The molecule has 0 radical (unpaired) electrons. The lowest BCUT2D eigenvalue weighted by Crippen LogP contribution is -2.47. The average molecular weight is 320 g/mol. The molecule has 1 fully saturated rings. The lowest BCUT2D eigenvalue weighted by atomic mass is 10.1. The molecule has 0 unspecified atom stereocenters. The van der Waals surface area contributed by atoms with Crippen LogP contribution in [0.5, 0.6) is 0 Å². The minimum atomic E-state index is -0.817. The minimum Gasteiger partial charge on any atom is -0.369 e. The van der Waals surface area contributed by atoms with E-state index in [0.29, 0.717) is 18.8 Å². The summed E-state index contributed by atoms with van der Waals surface area (Å²) in [6.45, 7) is 4.83. The predicted molar refractivity (Wildman–Crippen MR) is 84.8 cm³/mol. The summed E-state index contributed by atoms with van der Waals surface area (Å²) >= 11 is 0. The Bertz CT molecular complexity index is 548. The molecule has 0 aliphatic carbocycles. The van der Waals surface area contributed by atoms with Crippen molar-refractivity contribution in [2.45, 2.75) is 44.8 Å². The smallest absolute Gasteiger partial charge is 0.271 e. The number of rotatable bonds is 4. The number of aromatic nitrogens is 2. The zero-order valence-corrected chi connectivity index (χ0v) is 13.9. The van der Waals surface area contributed by atoms with Crippen molar-refractivity contribution in [3.05, 3.63) is 24.3 Å². The summed E-state index contributed by atoms with van der Waals surface area (Å²) in [7, 11) is 1.54. The maximum Gasteiger partial charge on any atom is 0.271 e. The normalized spacial score (nSPS) is 19.1. The minimum absolute atomic E-state index is 0.0131. The summed E-state index contributed by atoms with van der Waals surface area (Å²) in [5, 5.41) is 2.98. The number of nitrogens with zero attached hydrogens (tertiary/aromatic N) is 3. The van der Waals surface area contributed by atoms with Gasteiger partial charge in [-0.05, 0) is 33.1 Å². The Balaban J connectivity index is 1.91. The average Bonchev–Trinajstić information content (AvgIpc) is 2.80. The molecule has 1 saturated heterocycles. The Labute approximate surface area is 136 Å². The fourth-order valence-corrected chi connectivity index (χ4v) is 2.59. The van der Waals surface area contributed by atoms with Gasteiger partial charge in [-0.2, -0.15) is 0 Å². The van der Waals surface area contributed by atoms with Crippen LogP contribution in [0.1, 0.15) is 43.6 Å². The van der Waals surface area contributed by atoms with Gasteiger partial charge in [-0.15, -0.1) is 0 Å². The number of likely N-dealkylation sites (tertiary alicyclic amines) is 1. The fraction of sp³-hybridized carbons (Fsp3) is 0.625. The molecule has 0 aromatic carbocycles. The molecule has 1 aliphatic rings. The zero-order chi connectivity index (χ0) is 16.9. The first-order valence-corrected chi connectivity index (χ1v) is 7.85. The first kappa shape index (κ1) is 17.3. The fourth-order valence-electron chi connectivity index (χ4n) is 2.59. The van der Waals surface area contributed by atoms with Crippen molar-refractivity contribution in [2.75, 3.05) is 20.2 Å². The van der Waals surface area contributed by atoms with Crippen LogP contribution in [0.3, 0.4) is 0 Å². The Morgan fingerprint density at radius 2 is 2.09 bits per heavy atom. The summed E-state index contributed by atoms with van der Waals surface area (Å²) in [5.74, 6) is -0.235. The van der Waals surface area contributed by atoms with Crippen LogP contribution in [0.4, 0.5) is 0 Å². The van der Waals surface area contributed by atoms with Gasteiger partial charge in [0.1, 0.15) is 11.3 Å². The van der Waals surface area contributed by atoms with Crippen molar-refractivity contribution in [3.63, 3.8) is 0 Å². The van der Waals surface area contributed by atoms with Crippen molar-refractivity contribution in [2.24, 2.45) is 0 Å². The second-order valence-electron chi connectivity index (χ2n) is 6.20. The van der Waals surface area contributed by atoms with E-state index in [0.717, 1.165) is 19.3 Å². The van der Waals surface area contributed by atoms with Gasteiger partial charge in [0.25, 0.3) is 11.8 Å². The lowest BCUT2D eigenvalue weighted by Gasteiger charge is -2.30. The molecule has 1 N–H and O–H groups in total. The summed E-state index contributed by atoms with van der Waals surface area (Å²) in [6, 6.07) is 0.0352. The largest absolute Gasteiger partial charge is 0.369 e. The first-order chi connectivity index (χ1) is 10.9. The predicted octanol–water partition coefficient (Wildman–Crippen LogP) is 1.01. The molecule has 1 aromatic heterocycles. The second kappa shape index (κ2) is 7.50. The third-order valence-corrected chi connectivity index (χ3v) is 4.17. The first-order valence-electron chi connectivity index (χ1n) is 7.85. The number of methoxy groups -OCH3 is 1. The van der Waals surface area contributed by atoms with Gasteiger partial charge in [0.15, 0.2) is 0 Å². The van der Waals surface area contributed by atoms with Crippen LogP contribution < -0.4 is 5.32 Å². The maximum atomic E-state index is 12.4. The monoisotopic (exact) mass is 320 g/mol. The van der Waals surface area contributed by atoms with Crippen LogP contribution >= 0.6 is 0 Å². The Morgan fingerprint density at radius 3 is 2.74 bits per heavy atom. The molecular weight excluding hydrogens is 296 g/mol. The van der Waals surface area contributed by atoms with Gasteiger partial charge in [-0.25, -0.2) is 4.98 Å². The number of ether oxygens (including phenoxy) is 1. The molecule has 0 spiro atoms. The van der Waals surface area contributed by atoms with Gasteiger partial charge < -0.3 is 15.0 Å². The topological polar surface area (TPSA) is 84.4 Å². The van der Waals surface area contributed by atoms with Gasteiger partial charge in [-0.1, -0.05) is 0 Å². The van der Waals surface area contributed by atoms with Crippen LogP contribution in [0.2, 0.25) is 0 Å². The van der Waals surface area contributed by atoms with Crippen molar-refractivity contribution in [1.82, 2.24) is 20.2 Å². The number of carbonyl (C=O) groups excluding carboxylic acids is 2. The third kappa shape index (κ3) is 4.48. The Morgan fingerprint density at radius 1 is 1.30 bits per heavy atom. The molecule has 1 aliphatic heterocycles. The summed E-state index contributed by atoms with van der Waals surface area (Å²) in [4.78, 5) is 34.3. The highest BCUT2D eigenvalue weighted by molar-refractivity contribution is 5.92. The van der Waals surface area contributed by atoms with Gasteiger partial charge in [0.2, 0.25) is 0 Å². The molecule has 2 heterocycles. The van der Waals surface area contributed by atoms with E-state index in [1.54, 1.807) is 21.0 Å². The molecule has 7 heteroatoms. The Hall–Kier alpha value is -2.02. The molecule has 0 bridgehead atoms. The van der Waals surface area contributed by atoms with E-state index in [9.17, 15) is 9.59 Å². The molecule has 0 saturated carbocycles. The molecule has 1 atom stereocenters. The standard InChI is InChI=1S/C16H24N4O3/c1-16(2,23-3)15(22)20-9-4-5-12(6-10-20)19-14(21)13-11-17-7-8-18-13/h7-8,11-12H,4-6,9-10H2,1-3H3,(H,19,21)/t12-/m0/s1. The zero-order valence-electron chi connectivity index (χ0n) is 13.9. The number of hydrogen-bond donors (Lipinski definition) is 1. The van der Waals surface area contributed by atoms with Gasteiger partial charge in [0, 0.05) is 38.6 Å². The quantitative estimate of drug-likeness (QED) is 0.895. The summed E-state index contributed by atoms with van der Waals surface area (Å²) in [6.07, 6.45) is 6.87. The third-order valence-electron chi connectivity index (χ3n) is 4.17. The number of carbonyl (C=O) groups is 2. The maximum absolute atomic E-state index is 12.4. The van der Waals surface area contributed by atoms with E-state index in [1.807, 2.05) is 4.90 Å². The molecular formula is C16H24N4O3. The molecule has 1 aromatic rings.